The molecule has 0 spiro atoms. The number of nitrogens with zero attached hydrogens (tertiary/aromatic N) is 1. The highest BCUT2D eigenvalue weighted by Gasteiger charge is 2.61. The maximum absolute atomic E-state index is 12.0. The number of primary sulfonamides is 1. The van der Waals surface area contributed by atoms with Gasteiger partial charge in [0.2, 0.25) is 24.8 Å². The fourth-order valence-electron chi connectivity index (χ4n) is 1.72. The quantitative estimate of drug-likeness (QED) is 0.466. The van der Waals surface area contributed by atoms with Crippen LogP contribution in [0.15, 0.2) is 0 Å². The van der Waals surface area contributed by atoms with Gasteiger partial charge in [0.25, 0.3) is 0 Å². The normalized spacial score (nSPS) is 18.0. The van der Waals surface area contributed by atoms with E-state index in [0.717, 1.165) is 7.05 Å². The number of aliphatic hydroxyl groups excluding tert-OH is 1. The molecule has 19 heavy (non-hydrogen) atoms. The molecule has 0 aromatic rings. The van der Waals surface area contributed by atoms with E-state index in [2.05, 4.69) is 0 Å². The summed E-state index contributed by atoms with van der Waals surface area (Å²) >= 11 is 5.26. The van der Waals surface area contributed by atoms with E-state index in [1.807, 2.05) is 0 Å². The van der Waals surface area contributed by atoms with E-state index in [1.165, 1.54) is 6.92 Å². The third-order valence-corrected chi connectivity index (χ3v) is 7.07. The van der Waals surface area contributed by atoms with Crippen LogP contribution in [0.5, 0.6) is 0 Å². The average molecular weight is 339 g/mol. The number of halogens is 1. The van der Waals surface area contributed by atoms with Crippen LogP contribution in [0.1, 0.15) is 13.3 Å². The van der Waals surface area contributed by atoms with Gasteiger partial charge in [-0.3, -0.25) is 4.79 Å². The van der Waals surface area contributed by atoms with Gasteiger partial charge in [-0.2, -0.15) is 0 Å². The van der Waals surface area contributed by atoms with Gasteiger partial charge in [0.15, 0.2) is 0 Å². The number of aliphatic hydroxyl groups is 1. The summed E-state index contributed by atoms with van der Waals surface area (Å²) in [7, 11) is -8.60. The highest BCUT2D eigenvalue weighted by molar-refractivity contribution is 7.95. The molecule has 0 heterocycles. The molecule has 114 valence electrons. The summed E-state index contributed by atoms with van der Waals surface area (Å²) in [6, 6.07) is 0. The van der Waals surface area contributed by atoms with Gasteiger partial charge < -0.3 is 10.2 Å². The molecule has 2 unspecified atom stereocenters. The Hall–Kier alpha value is -0.460. The van der Waals surface area contributed by atoms with E-state index in [4.69, 9.17) is 22.0 Å². The zero-order valence-electron chi connectivity index (χ0n) is 10.1. The minimum absolute atomic E-state index is 0.0190. The second-order valence-corrected chi connectivity index (χ2v) is 8.42. The number of carboxylic acids is 1. The smallest absolute Gasteiger partial charge is 0.330 e. The second-order valence-electron chi connectivity index (χ2n) is 3.73. The number of sulfonamides is 2. The van der Waals surface area contributed by atoms with Gasteiger partial charge in [0.05, 0.1) is 6.61 Å². The van der Waals surface area contributed by atoms with Crippen molar-refractivity contribution < 1.29 is 31.8 Å². The van der Waals surface area contributed by atoms with E-state index in [1.54, 1.807) is 0 Å². The van der Waals surface area contributed by atoms with Crippen molar-refractivity contribution in [1.82, 2.24) is 3.82 Å². The number of carboxylic acid groups (broad SMARTS) is 1. The molecule has 0 bridgehead atoms. The van der Waals surface area contributed by atoms with Gasteiger partial charge in [0, 0.05) is 7.05 Å². The predicted octanol–water partition coefficient (Wildman–Crippen LogP) is -1.72. The molecule has 0 aliphatic rings. The van der Waals surface area contributed by atoms with Crippen molar-refractivity contribution in [2.75, 3.05) is 13.7 Å². The standard InChI is InChI=1S/C7H15ClN2O7S2/c1-3-5(18(9,14)15)7(4-11,6(12)13)19(16,17)10(2)8/h5,11H,3-4H2,1-2H3,(H,12,13)(H2,9,14,15). The Morgan fingerprint density at radius 2 is 1.84 bits per heavy atom. The van der Waals surface area contributed by atoms with Crippen molar-refractivity contribution >= 4 is 37.8 Å². The van der Waals surface area contributed by atoms with Gasteiger partial charge in [-0.15, -0.1) is 3.82 Å². The zero-order chi connectivity index (χ0) is 15.6. The minimum Gasteiger partial charge on any atom is -0.480 e. The predicted molar refractivity (Wildman–Crippen MR) is 67.2 cm³/mol. The molecule has 0 aromatic heterocycles. The van der Waals surface area contributed by atoms with Gasteiger partial charge >= 0.3 is 5.97 Å². The molecule has 0 rings (SSSR count). The summed E-state index contributed by atoms with van der Waals surface area (Å²) < 4.78 is 43.8. The maximum Gasteiger partial charge on any atom is 0.330 e. The van der Waals surface area contributed by atoms with Crippen LogP contribution in [-0.4, -0.2) is 60.5 Å². The van der Waals surface area contributed by atoms with E-state index in [0.29, 0.717) is 0 Å². The van der Waals surface area contributed by atoms with Gasteiger partial charge in [-0.25, -0.2) is 22.0 Å². The van der Waals surface area contributed by atoms with Gasteiger partial charge in [-0.05, 0) is 18.2 Å². The third-order valence-electron chi connectivity index (χ3n) is 2.68. The first kappa shape index (κ1) is 18.5. The van der Waals surface area contributed by atoms with E-state index >= 15 is 0 Å². The molecule has 0 amide bonds. The summed E-state index contributed by atoms with van der Waals surface area (Å²) in [5, 5.41) is 21.2. The fraction of sp³-hybridized carbons (Fsp3) is 0.857. The number of hydrogen-bond donors (Lipinski definition) is 3. The van der Waals surface area contributed by atoms with Crippen LogP contribution in [0.2, 0.25) is 0 Å². The van der Waals surface area contributed by atoms with Crippen molar-refractivity contribution in [2.24, 2.45) is 5.14 Å². The first-order valence-corrected chi connectivity index (χ1v) is 8.28. The minimum atomic E-state index is -4.85. The molecule has 0 aliphatic carbocycles. The van der Waals surface area contributed by atoms with Crippen molar-refractivity contribution in [3.05, 3.63) is 0 Å². The van der Waals surface area contributed by atoms with Crippen molar-refractivity contribution in [3.8, 4) is 0 Å². The zero-order valence-corrected chi connectivity index (χ0v) is 12.5. The van der Waals surface area contributed by atoms with Crippen molar-refractivity contribution in [2.45, 2.75) is 23.3 Å². The lowest BCUT2D eigenvalue weighted by atomic mass is 10.0. The molecule has 0 aliphatic heterocycles. The largest absolute Gasteiger partial charge is 0.480 e. The van der Waals surface area contributed by atoms with Crippen LogP contribution in [0.4, 0.5) is 0 Å². The molecule has 4 N–H and O–H groups in total. The Morgan fingerprint density at radius 1 is 1.42 bits per heavy atom. The Kier molecular flexibility index (Phi) is 5.75. The maximum atomic E-state index is 12.0. The molecule has 0 saturated heterocycles. The third kappa shape index (κ3) is 3.01. The lowest BCUT2D eigenvalue weighted by Gasteiger charge is -2.33. The monoisotopic (exact) mass is 338 g/mol. The number of carbonyl (C=O) groups is 1. The fourth-order valence-corrected chi connectivity index (χ4v) is 5.36. The van der Waals surface area contributed by atoms with Gasteiger partial charge in [-0.1, -0.05) is 6.92 Å². The first-order chi connectivity index (χ1) is 8.39. The van der Waals surface area contributed by atoms with Crippen molar-refractivity contribution in [3.63, 3.8) is 0 Å². The summed E-state index contributed by atoms with van der Waals surface area (Å²) in [6.07, 6.45) is -0.435. The molecule has 0 radical (unpaired) electrons. The number of nitrogens with two attached hydrogens (primary N) is 1. The Balaban J connectivity index is 6.49. The molecule has 9 nitrogen and oxygen atoms in total. The molecule has 12 heteroatoms. The lowest BCUT2D eigenvalue weighted by molar-refractivity contribution is -0.141. The Morgan fingerprint density at radius 3 is 2.00 bits per heavy atom. The summed E-state index contributed by atoms with van der Waals surface area (Å²) in [6.45, 7) is -0.261. The SMILES string of the molecule is CCC(C(CO)(C(=O)O)S(=O)(=O)N(C)Cl)S(N)(=O)=O. The number of aliphatic carboxylic acids is 1. The van der Waals surface area contributed by atoms with Crippen LogP contribution in [0.25, 0.3) is 0 Å². The average Bonchev–Trinajstić information content (AvgIpc) is 2.22. The lowest BCUT2D eigenvalue weighted by Crippen LogP contribution is -2.63. The molecular weight excluding hydrogens is 324 g/mol. The second kappa shape index (κ2) is 5.89. The van der Waals surface area contributed by atoms with E-state index in [9.17, 15) is 26.7 Å². The molecule has 0 aromatic carbocycles. The summed E-state index contributed by atoms with van der Waals surface area (Å²) in [5.41, 5.74) is 0. The topological polar surface area (TPSA) is 155 Å². The van der Waals surface area contributed by atoms with E-state index < -0.39 is 49.0 Å². The Bertz CT molecular complexity index is 544. The number of hydrogen-bond acceptors (Lipinski definition) is 6. The highest BCUT2D eigenvalue weighted by Crippen LogP contribution is 2.31. The van der Waals surface area contributed by atoms with Crippen LogP contribution in [-0.2, 0) is 24.8 Å². The summed E-state index contributed by atoms with van der Waals surface area (Å²) in [4.78, 5) is 11.3. The van der Waals surface area contributed by atoms with Gasteiger partial charge in [0.1, 0.15) is 5.25 Å². The van der Waals surface area contributed by atoms with Crippen LogP contribution in [0.3, 0.4) is 0 Å². The molecule has 0 fully saturated rings. The number of rotatable bonds is 7. The highest BCUT2D eigenvalue weighted by atomic mass is 35.5. The molecular formula is C7H15ClN2O7S2. The Labute approximate surface area is 116 Å². The molecule has 0 saturated carbocycles. The van der Waals surface area contributed by atoms with Crippen LogP contribution >= 0.6 is 11.8 Å². The van der Waals surface area contributed by atoms with Crippen molar-refractivity contribution in [1.29, 1.82) is 0 Å². The van der Waals surface area contributed by atoms with Crippen LogP contribution in [0, 0.1) is 0 Å². The molecule has 2 atom stereocenters. The van der Waals surface area contributed by atoms with E-state index in [-0.39, 0.29) is 3.82 Å². The van der Waals surface area contributed by atoms with Crippen LogP contribution < -0.4 is 5.14 Å². The summed E-state index contributed by atoms with van der Waals surface area (Å²) in [5.74, 6) is -2.05. The first-order valence-electron chi connectivity index (χ1n) is 4.89.